The molecular weight excluding hydrogens is 331 g/mol. The molecule has 0 atom stereocenters. The number of esters is 1. The van der Waals surface area contributed by atoms with Gasteiger partial charge in [0.05, 0.1) is 7.11 Å². The highest BCUT2D eigenvalue weighted by Crippen LogP contribution is 2.12. The van der Waals surface area contributed by atoms with Crippen molar-refractivity contribution in [3.63, 3.8) is 0 Å². The molecular formula is C13H11IO3. The minimum absolute atomic E-state index is 0.120. The molecule has 88 valence electrons. The van der Waals surface area contributed by atoms with E-state index in [9.17, 15) is 4.79 Å². The monoisotopic (exact) mass is 342 g/mol. The van der Waals surface area contributed by atoms with Crippen molar-refractivity contribution < 1.29 is 14.3 Å². The van der Waals surface area contributed by atoms with E-state index < -0.39 is 5.97 Å². The van der Waals surface area contributed by atoms with Crippen LogP contribution in [0.4, 0.5) is 0 Å². The molecule has 0 saturated heterocycles. The highest BCUT2D eigenvalue weighted by molar-refractivity contribution is 14.1. The topological polar surface area (TPSA) is 35.5 Å². The number of halogens is 1. The van der Waals surface area contributed by atoms with E-state index in [0.717, 1.165) is 11.3 Å². The lowest BCUT2D eigenvalue weighted by Gasteiger charge is -1.99. The maximum Gasteiger partial charge on any atom is 0.331 e. The predicted molar refractivity (Wildman–Crippen MR) is 74.8 cm³/mol. The Balaban J connectivity index is 2.50. The zero-order chi connectivity index (χ0) is 12.5. The van der Waals surface area contributed by atoms with Gasteiger partial charge >= 0.3 is 5.97 Å². The third-order valence-electron chi connectivity index (χ3n) is 1.88. The molecule has 17 heavy (non-hydrogen) atoms. The Morgan fingerprint density at radius 3 is 2.71 bits per heavy atom. The third-order valence-corrected chi connectivity index (χ3v) is 2.26. The molecule has 1 rings (SSSR count). The van der Waals surface area contributed by atoms with E-state index >= 15 is 0 Å². The van der Waals surface area contributed by atoms with E-state index in [1.165, 1.54) is 6.08 Å². The Morgan fingerprint density at radius 1 is 1.41 bits per heavy atom. The van der Waals surface area contributed by atoms with Crippen LogP contribution in [0.5, 0.6) is 5.75 Å². The SMILES string of the molecule is COc1ccc(C=CC(=O)OCC#CI)cc1. The van der Waals surface area contributed by atoms with Crippen LogP contribution >= 0.6 is 22.6 Å². The van der Waals surface area contributed by atoms with Crippen LogP contribution < -0.4 is 4.74 Å². The van der Waals surface area contributed by atoms with Gasteiger partial charge in [0.25, 0.3) is 0 Å². The minimum atomic E-state index is -0.403. The Kier molecular flexibility index (Phi) is 6.18. The average molecular weight is 342 g/mol. The first-order valence-corrected chi connectivity index (χ1v) is 5.91. The minimum Gasteiger partial charge on any atom is -0.497 e. The smallest absolute Gasteiger partial charge is 0.331 e. The summed E-state index contributed by atoms with van der Waals surface area (Å²) in [5.74, 6) is 3.01. The molecule has 0 heterocycles. The fraction of sp³-hybridized carbons (Fsp3) is 0.154. The summed E-state index contributed by atoms with van der Waals surface area (Å²) in [5, 5.41) is 0. The molecule has 0 aromatic heterocycles. The van der Waals surface area contributed by atoms with Crippen LogP contribution in [0.15, 0.2) is 30.3 Å². The van der Waals surface area contributed by atoms with E-state index in [-0.39, 0.29) is 6.61 Å². The van der Waals surface area contributed by atoms with Gasteiger partial charge in [-0.2, -0.15) is 0 Å². The van der Waals surface area contributed by atoms with Gasteiger partial charge in [-0.15, -0.1) is 0 Å². The molecule has 0 aliphatic rings. The number of carbonyl (C=O) groups is 1. The van der Waals surface area contributed by atoms with E-state index in [2.05, 4.69) is 9.85 Å². The van der Waals surface area contributed by atoms with Crippen molar-refractivity contribution in [2.24, 2.45) is 0 Å². The molecule has 4 heteroatoms. The molecule has 0 unspecified atom stereocenters. The Morgan fingerprint density at radius 2 is 2.12 bits per heavy atom. The second-order valence-corrected chi connectivity index (χ2v) is 3.52. The van der Waals surface area contributed by atoms with Crippen molar-refractivity contribution in [2.45, 2.75) is 0 Å². The molecule has 0 bridgehead atoms. The number of rotatable bonds is 4. The van der Waals surface area contributed by atoms with Crippen LogP contribution in [-0.4, -0.2) is 19.7 Å². The summed E-state index contributed by atoms with van der Waals surface area (Å²) in [6.45, 7) is 0.120. The average Bonchev–Trinajstić information content (AvgIpc) is 2.37. The van der Waals surface area contributed by atoms with Gasteiger partial charge in [0.15, 0.2) is 6.61 Å². The number of hydrogen-bond donors (Lipinski definition) is 0. The lowest BCUT2D eigenvalue weighted by atomic mass is 10.2. The quantitative estimate of drug-likeness (QED) is 0.365. The van der Waals surface area contributed by atoms with E-state index in [4.69, 9.17) is 9.47 Å². The summed E-state index contributed by atoms with van der Waals surface area (Å²) in [4.78, 5) is 11.2. The fourth-order valence-corrected chi connectivity index (χ4v) is 1.22. The second-order valence-electron chi connectivity index (χ2n) is 2.99. The summed E-state index contributed by atoms with van der Waals surface area (Å²) in [5.41, 5.74) is 0.905. The van der Waals surface area contributed by atoms with Gasteiger partial charge < -0.3 is 9.47 Å². The van der Waals surface area contributed by atoms with Crippen LogP contribution in [0.25, 0.3) is 6.08 Å². The van der Waals surface area contributed by atoms with Gasteiger partial charge in [0, 0.05) is 28.7 Å². The third kappa shape index (κ3) is 5.41. The largest absolute Gasteiger partial charge is 0.497 e. The van der Waals surface area contributed by atoms with Crippen molar-refractivity contribution in [2.75, 3.05) is 13.7 Å². The molecule has 0 aliphatic heterocycles. The zero-order valence-corrected chi connectivity index (χ0v) is 11.4. The normalized spacial score (nSPS) is 9.53. The van der Waals surface area contributed by atoms with Gasteiger partial charge in [-0.05, 0) is 27.7 Å². The Hall–Kier alpha value is -1.48. The van der Waals surface area contributed by atoms with Crippen molar-refractivity contribution in [3.05, 3.63) is 35.9 Å². The first-order chi connectivity index (χ1) is 8.26. The summed E-state index contributed by atoms with van der Waals surface area (Å²) in [6.07, 6.45) is 3.05. The van der Waals surface area contributed by atoms with Crippen molar-refractivity contribution in [1.29, 1.82) is 0 Å². The number of methoxy groups -OCH3 is 1. The summed E-state index contributed by atoms with van der Waals surface area (Å²) in [7, 11) is 1.61. The van der Waals surface area contributed by atoms with Gasteiger partial charge in [-0.3, -0.25) is 0 Å². The first kappa shape index (κ1) is 13.6. The first-order valence-electron chi connectivity index (χ1n) is 4.83. The lowest BCUT2D eigenvalue weighted by Crippen LogP contribution is -1.99. The van der Waals surface area contributed by atoms with Crippen LogP contribution in [0.2, 0.25) is 0 Å². The van der Waals surface area contributed by atoms with Gasteiger partial charge in [0.2, 0.25) is 0 Å². The molecule has 0 saturated carbocycles. The molecule has 1 aromatic carbocycles. The van der Waals surface area contributed by atoms with Crippen LogP contribution in [-0.2, 0) is 9.53 Å². The van der Waals surface area contributed by atoms with Crippen molar-refractivity contribution in [1.82, 2.24) is 0 Å². The van der Waals surface area contributed by atoms with Gasteiger partial charge in [-0.1, -0.05) is 18.1 Å². The van der Waals surface area contributed by atoms with Gasteiger partial charge in [0.1, 0.15) is 5.75 Å². The molecule has 0 fully saturated rings. The zero-order valence-electron chi connectivity index (χ0n) is 9.27. The van der Waals surface area contributed by atoms with E-state index in [1.54, 1.807) is 13.2 Å². The molecule has 0 spiro atoms. The van der Waals surface area contributed by atoms with Crippen molar-refractivity contribution in [3.8, 4) is 15.6 Å². The molecule has 3 nitrogen and oxygen atoms in total. The maximum atomic E-state index is 11.2. The number of benzene rings is 1. The molecule has 1 aromatic rings. The highest BCUT2D eigenvalue weighted by atomic mass is 127. The summed E-state index contributed by atoms with van der Waals surface area (Å²) >= 11 is 1.89. The van der Waals surface area contributed by atoms with Gasteiger partial charge in [-0.25, -0.2) is 4.79 Å². The Labute approximate surface area is 114 Å². The molecule has 0 aliphatic carbocycles. The fourth-order valence-electron chi connectivity index (χ4n) is 1.06. The summed E-state index contributed by atoms with van der Waals surface area (Å²) < 4.78 is 12.5. The maximum absolute atomic E-state index is 11.2. The van der Waals surface area contributed by atoms with Crippen LogP contribution in [0, 0.1) is 9.85 Å². The molecule has 0 radical (unpaired) electrons. The number of hydrogen-bond acceptors (Lipinski definition) is 3. The Bertz CT molecular complexity index is 452. The van der Waals surface area contributed by atoms with E-state index in [0.29, 0.717) is 0 Å². The molecule has 0 N–H and O–H groups in total. The number of ether oxygens (including phenoxy) is 2. The van der Waals surface area contributed by atoms with Crippen LogP contribution in [0.1, 0.15) is 5.56 Å². The highest BCUT2D eigenvalue weighted by Gasteiger charge is 1.95. The van der Waals surface area contributed by atoms with Crippen LogP contribution in [0.3, 0.4) is 0 Å². The predicted octanol–water partition coefficient (Wildman–Crippen LogP) is 2.65. The standard InChI is InChI=1S/C13H11IO3/c1-16-12-6-3-11(4-7-12)5-8-13(15)17-10-2-9-14/h3-8H,10H2,1H3. The van der Waals surface area contributed by atoms with Crippen molar-refractivity contribution >= 4 is 34.6 Å². The van der Waals surface area contributed by atoms with E-state index in [1.807, 2.05) is 46.9 Å². The lowest BCUT2D eigenvalue weighted by molar-refractivity contribution is -0.136. The molecule has 0 amide bonds. The summed E-state index contributed by atoms with van der Waals surface area (Å²) in [6, 6.07) is 7.36. The number of carbonyl (C=O) groups excluding carboxylic acids is 1. The second kappa shape index (κ2) is 7.74.